The molecule has 2 aromatic carbocycles. The molecule has 0 saturated heterocycles. The molecule has 0 saturated carbocycles. The predicted molar refractivity (Wildman–Crippen MR) is 80.3 cm³/mol. The molecule has 0 aliphatic heterocycles. The van der Waals surface area contributed by atoms with Gasteiger partial charge < -0.3 is 4.74 Å². The van der Waals surface area contributed by atoms with Gasteiger partial charge in [-0.15, -0.1) is 0 Å². The average Bonchev–Trinajstić information content (AvgIpc) is 2.30. The van der Waals surface area contributed by atoms with E-state index in [0.29, 0.717) is 6.61 Å². The molecule has 0 fully saturated rings. The van der Waals surface area contributed by atoms with Crippen molar-refractivity contribution in [2.24, 2.45) is 0 Å². The molecule has 2 rings (SSSR count). The lowest BCUT2D eigenvalue weighted by Crippen LogP contribution is -1.95. The first-order chi connectivity index (χ1) is 8.15. The topological polar surface area (TPSA) is 9.23 Å². The van der Waals surface area contributed by atoms with Gasteiger partial charge in [-0.1, -0.05) is 44.0 Å². The number of hydrogen-bond donors (Lipinski definition) is 0. The molecular weight excluding hydrogens is 412 g/mol. The van der Waals surface area contributed by atoms with Crippen LogP contribution in [0.25, 0.3) is 0 Å². The van der Waals surface area contributed by atoms with Gasteiger partial charge in [-0.05, 0) is 51.8 Å². The second-order valence-electron chi connectivity index (χ2n) is 3.49. The molecule has 1 nitrogen and oxygen atoms in total. The minimum Gasteiger partial charge on any atom is -0.488 e. The van der Waals surface area contributed by atoms with E-state index in [0.717, 1.165) is 24.7 Å². The van der Waals surface area contributed by atoms with Gasteiger partial charge in [0.2, 0.25) is 0 Å². The van der Waals surface area contributed by atoms with Crippen molar-refractivity contribution in [1.29, 1.82) is 0 Å². The summed E-state index contributed by atoms with van der Waals surface area (Å²) in [6, 6.07) is 14.0. The summed E-state index contributed by atoms with van der Waals surface area (Å²) in [6.07, 6.45) is 0. The third-order valence-electron chi connectivity index (χ3n) is 2.20. The molecule has 88 valence electrons. The molecule has 0 unspecified atom stereocenters. The van der Waals surface area contributed by atoms with Gasteiger partial charge in [-0.2, -0.15) is 0 Å². The molecule has 0 N–H and O–H groups in total. The molecular formula is C13H9Br3O. The van der Waals surface area contributed by atoms with Gasteiger partial charge in [0, 0.05) is 8.95 Å². The number of ether oxygens (including phenoxy) is 1. The molecule has 2 aromatic rings. The zero-order valence-electron chi connectivity index (χ0n) is 8.79. The van der Waals surface area contributed by atoms with Crippen molar-refractivity contribution < 1.29 is 4.74 Å². The second kappa shape index (κ2) is 6.03. The summed E-state index contributed by atoms with van der Waals surface area (Å²) in [4.78, 5) is 0. The van der Waals surface area contributed by atoms with Gasteiger partial charge in [-0.3, -0.25) is 0 Å². The van der Waals surface area contributed by atoms with Gasteiger partial charge in [-0.25, -0.2) is 0 Å². The molecule has 17 heavy (non-hydrogen) atoms. The van der Waals surface area contributed by atoms with Crippen LogP contribution in [0.2, 0.25) is 0 Å². The fourth-order valence-electron chi connectivity index (χ4n) is 1.33. The fraction of sp³-hybridized carbons (Fsp3) is 0.0769. The fourth-order valence-corrected chi connectivity index (χ4v) is 2.76. The molecule has 0 aliphatic rings. The maximum absolute atomic E-state index is 5.73. The Kier molecular flexibility index (Phi) is 4.65. The molecule has 4 heteroatoms. The first-order valence-electron chi connectivity index (χ1n) is 4.97. The number of benzene rings is 2. The van der Waals surface area contributed by atoms with Crippen molar-refractivity contribution in [3.05, 3.63) is 61.4 Å². The third kappa shape index (κ3) is 3.83. The SMILES string of the molecule is Brc1ccc(COc2ccc(Br)cc2Br)cc1. The largest absolute Gasteiger partial charge is 0.488 e. The minimum absolute atomic E-state index is 0.563. The maximum Gasteiger partial charge on any atom is 0.134 e. The quantitative estimate of drug-likeness (QED) is 0.632. The summed E-state index contributed by atoms with van der Waals surface area (Å²) in [5.41, 5.74) is 1.14. The highest BCUT2D eigenvalue weighted by Gasteiger charge is 2.02. The minimum atomic E-state index is 0.563. The summed E-state index contributed by atoms with van der Waals surface area (Å²) in [7, 11) is 0. The average molecular weight is 421 g/mol. The van der Waals surface area contributed by atoms with Crippen molar-refractivity contribution in [2.45, 2.75) is 6.61 Å². The standard InChI is InChI=1S/C13H9Br3O/c14-10-3-1-9(2-4-10)8-17-13-6-5-11(15)7-12(13)16/h1-7H,8H2. The molecule has 0 amide bonds. The monoisotopic (exact) mass is 418 g/mol. The zero-order valence-corrected chi connectivity index (χ0v) is 13.5. The highest BCUT2D eigenvalue weighted by molar-refractivity contribution is 9.11. The van der Waals surface area contributed by atoms with E-state index in [1.54, 1.807) is 0 Å². The molecule has 0 spiro atoms. The summed E-state index contributed by atoms with van der Waals surface area (Å²) in [5, 5.41) is 0. The van der Waals surface area contributed by atoms with E-state index >= 15 is 0 Å². The Morgan fingerprint density at radius 1 is 0.824 bits per heavy atom. The first-order valence-corrected chi connectivity index (χ1v) is 7.35. The van der Waals surface area contributed by atoms with Crippen molar-refractivity contribution in [3.63, 3.8) is 0 Å². The highest BCUT2D eigenvalue weighted by atomic mass is 79.9. The Morgan fingerprint density at radius 2 is 1.47 bits per heavy atom. The van der Waals surface area contributed by atoms with Crippen LogP contribution in [0.4, 0.5) is 0 Å². The summed E-state index contributed by atoms with van der Waals surface area (Å²) in [5.74, 6) is 0.844. The van der Waals surface area contributed by atoms with Crippen molar-refractivity contribution >= 4 is 47.8 Å². The van der Waals surface area contributed by atoms with Crippen LogP contribution < -0.4 is 4.74 Å². The van der Waals surface area contributed by atoms with E-state index in [1.165, 1.54) is 0 Å². The Labute approximate surface area is 126 Å². The Bertz CT molecular complexity index is 509. The van der Waals surface area contributed by atoms with E-state index in [9.17, 15) is 0 Å². The Hall–Kier alpha value is -0.320. The lowest BCUT2D eigenvalue weighted by Gasteiger charge is -2.08. The molecule has 0 aromatic heterocycles. The van der Waals surface area contributed by atoms with Gasteiger partial charge in [0.1, 0.15) is 12.4 Å². The number of halogens is 3. The lowest BCUT2D eigenvalue weighted by molar-refractivity contribution is 0.304. The molecule has 0 radical (unpaired) electrons. The van der Waals surface area contributed by atoms with Crippen LogP contribution in [0.15, 0.2) is 55.9 Å². The van der Waals surface area contributed by atoms with Crippen LogP contribution in [0.5, 0.6) is 5.75 Å². The second-order valence-corrected chi connectivity index (χ2v) is 6.18. The predicted octanol–water partition coefficient (Wildman–Crippen LogP) is 5.55. The normalized spacial score (nSPS) is 10.3. The molecule has 0 heterocycles. The summed E-state index contributed by atoms with van der Waals surface area (Å²) < 4.78 is 8.79. The van der Waals surface area contributed by atoms with Crippen LogP contribution >= 0.6 is 47.8 Å². The van der Waals surface area contributed by atoms with Gasteiger partial charge in [0.25, 0.3) is 0 Å². The third-order valence-corrected chi connectivity index (χ3v) is 3.84. The van der Waals surface area contributed by atoms with Crippen molar-refractivity contribution in [2.75, 3.05) is 0 Å². The van der Waals surface area contributed by atoms with E-state index in [4.69, 9.17) is 4.74 Å². The Balaban J connectivity index is 2.04. The smallest absolute Gasteiger partial charge is 0.134 e. The first kappa shape index (κ1) is 13.1. The van der Waals surface area contributed by atoms with Crippen molar-refractivity contribution in [1.82, 2.24) is 0 Å². The zero-order chi connectivity index (χ0) is 12.3. The van der Waals surface area contributed by atoms with E-state index in [2.05, 4.69) is 47.8 Å². The number of rotatable bonds is 3. The molecule has 0 atom stereocenters. The van der Waals surface area contributed by atoms with Gasteiger partial charge >= 0.3 is 0 Å². The van der Waals surface area contributed by atoms with Crippen LogP contribution in [-0.4, -0.2) is 0 Å². The van der Waals surface area contributed by atoms with Crippen LogP contribution in [0.1, 0.15) is 5.56 Å². The van der Waals surface area contributed by atoms with Crippen LogP contribution in [-0.2, 0) is 6.61 Å². The Morgan fingerprint density at radius 3 is 2.12 bits per heavy atom. The summed E-state index contributed by atoms with van der Waals surface area (Å²) in [6.45, 7) is 0.563. The number of hydrogen-bond acceptors (Lipinski definition) is 1. The lowest BCUT2D eigenvalue weighted by atomic mass is 10.2. The van der Waals surface area contributed by atoms with Crippen LogP contribution in [0.3, 0.4) is 0 Å². The molecule has 0 aliphatic carbocycles. The van der Waals surface area contributed by atoms with Gasteiger partial charge in [0.15, 0.2) is 0 Å². The highest BCUT2D eigenvalue weighted by Crippen LogP contribution is 2.28. The molecule has 0 bridgehead atoms. The summed E-state index contributed by atoms with van der Waals surface area (Å²) >= 11 is 10.3. The van der Waals surface area contributed by atoms with E-state index in [-0.39, 0.29) is 0 Å². The maximum atomic E-state index is 5.73. The van der Waals surface area contributed by atoms with Gasteiger partial charge in [0.05, 0.1) is 4.47 Å². The van der Waals surface area contributed by atoms with E-state index < -0.39 is 0 Å². The van der Waals surface area contributed by atoms with Crippen molar-refractivity contribution in [3.8, 4) is 5.75 Å². The van der Waals surface area contributed by atoms with E-state index in [1.807, 2.05) is 42.5 Å². The van der Waals surface area contributed by atoms with Crippen LogP contribution in [0, 0.1) is 0 Å².